The van der Waals surface area contributed by atoms with Gasteiger partial charge in [-0.15, -0.1) is 0 Å². The van der Waals surface area contributed by atoms with Gasteiger partial charge in [0.2, 0.25) is 5.89 Å². The molecule has 7 heteroatoms. The largest absolute Gasteiger partial charge is 0.340 e. The van der Waals surface area contributed by atoms with Gasteiger partial charge in [-0.1, -0.05) is 11.6 Å². The number of amides is 2. The van der Waals surface area contributed by atoms with Crippen molar-refractivity contribution < 1.29 is 9.32 Å². The van der Waals surface area contributed by atoms with Crippen molar-refractivity contribution in [2.24, 2.45) is 5.92 Å². The zero-order chi connectivity index (χ0) is 17.6. The van der Waals surface area contributed by atoms with Crippen LogP contribution in [0.1, 0.15) is 57.2 Å². The lowest BCUT2D eigenvalue weighted by Gasteiger charge is -2.36. The van der Waals surface area contributed by atoms with Crippen molar-refractivity contribution in [2.45, 2.75) is 65.0 Å². The quantitative estimate of drug-likeness (QED) is 0.884. The highest BCUT2D eigenvalue weighted by Crippen LogP contribution is 2.23. The molecular formula is C18H31N5O2. The second-order valence-electron chi connectivity index (χ2n) is 7.49. The van der Waals surface area contributed by atoms with Gasteiger partial charge in [0.25, 0.3) is 0 Å². The molecule has 3 rings (SSSR count). The Morgan fingerprint density at radius 3 is 2.72 bits per heavy atom. The second-order valence-corrected chi connectivity index (χ2v) is 7.49. The summed E-state index contributed by atoms with van der Waals surface area (Å²) in [5.41, 5.74) is 0. The lowest BCUT2D eigenvalue weighted by Crippen LogP contribution is -2.45. The summed E-state index contributed by atoms with van der Waals surface area (Å²) in [6.07, 6.45) is 7.56. The van der Waals surface area contributed by atoms with E-state index in [2.05, 4.69) is 27.3 Å². The maximum atomic E-state index is 12.3. The molecule has 2 saturated heterocycles. The van der Waals surface area contributed by atoms with Gasteiger partial charge >= 0.3 is 6.03 Å². The van der Waals surface area contributed by atoms with E-state index in [1.54, 1.807) is 6.92 Å². The molecule has 1 aromatic heterocycles. The molecule has 0 bridgehead atoms. The van der Waals surface area contributed by atoms with Gasteiger partial charge < -0.3 is 19.6 Å². The van der Waals surface area contributed by atoms with Crippen LogP contribution < -0.4 is 5.32 Å². The maximum absolute atomic E-state index is 12.3. The third kappa shape index (κ3) is 5.17. The summed E-state index contributed by atoms with van der Waals surface area (Å²) in [6, 6.07) is 0.721. The summed E-state index contributed by atoms with van der Waals surface area (Å²) < 4.78 is 4.91. The predicted octanol–water partition coefficient (Wildman–Crippen LogP) is 2.56. The number of rotatable bonds is 5. The number of aromatic nitrogens is 2. The lowest BCUT2D eigenvalue weighted by molar-refractivity contribution is 0.132. The van der Waals surface area contributed by atoms with Crippen molar-refractivity contribution in [1.82, 2.24) is 25.3 Å². The fourth-order valence-corrected chi connectivity index (χ4v) is 3.94. The van der Waals surface area contributed by atoms with Crippen LogP contribution in [0.15, 0.2) is 4.52 Å². The topological polar surface area (TPSA) is 74.5 Å². The molecule has 2 amide bonds. The zero-order valence-electron chi connectivity index (χ0n) is 15.5. The van der Waals surface area contributed by atoms with E-state index in [1.165, 1.54) is 38.8 Å². The number of aryl methyl sites for hydroxylation is 1. The maximum Gasteiger partial charge on any atom is 0.317 e. The number of urea groups is 1. The molecule has 1 atom stereocenters. The molecule has 1 N–H and O–H groups in total. The molecule has 0 radical (unpaired) electrons. The number of hydrogen-bond acceptors (Lipinski definition) is 5. The highest BCUT2D eigenvalue weighted by atomic mass is 16.5. The summed E-state index contributed by atoms with van der Waals surface area (Å²) in [7, 11) is 0. The smallest absolute Gasteiger partial charge is 0.317 e. The first-order chi connectivity index (χ1) is 12.1. The van der Waals surface area contributed by atoms with Gasteiger partial charge in [-0.25, -0.2) is 4.79 Å². The minimum Gasteiger partial charge on any atom is -0.340 e. The Morgan fingerprint density at radius 2 is 2.04 bits per heavy atom. The predicted molar refractivity (Wildman–Crippen MR) is 95.1 cm³/mol. The van der Waals surface area contributed by atoms with E-state index in [4.69, 9.17) is 4.52 Å². The van der Waals surface area contributed by atoms with Gasteiger partial charge in [0.05, 0.1) is 6.54 Å². The third-order valence-electron chi connectivity index (χ3n) is 5.63. The highest BCUT2D eigenvalue weighted by Gasteiger charge is 2.24. The number of likely N-dealkylation sites (tertiary alicyclic amines) is 2. The number of carbonyl (C=O) groups excluding carboxylic acids is 1. The Morgan fingerprint density at radius 1 is 1.24 bits per heavy atom. The van der Waals surface area contributed by atoms with Gasteiger partial charge in [-0.3, -0.25) is 0 Å². The van der Waals surface area contributed by atoms with E-state index < -0.39 is 0 Å². The summed E-state index contributed by atoms with van der Waals surface area (Å²) >= 11 is 0. The van der Waals surface area contributed by atoms with Crippen LogP contribution in [0.2, 0.25) is 0 Å². The number of piperidine rings is 2. The Bertz CT molecular complexity index is 553. The summed E-state index contributed by atoms with van der Waals surface area (Å²) in [5, 5.41) is 6.68. The van der Waals surface area contributed by atoms with Crippen molar-refractivity contribution >= 4 is 6.03 Å². The molecule has 140 valence electrons. The normalized spacial score (nSPS) is 23.0. The number of carbonyl (C=O) groups is 1. The minimum atomic E-state index is -0.0226. The van der Waals surface area contributed by atoms with Crippen molar-refractivity contribution in [3.05, 3.63) is 11.7 Å². The fraction of sp³-hybridized carbons (Fsp3) is 0.833. The van der Waals surface area contributed by atoms with Crippen LogP contribution in [0.4, 0.5) is 4.79 Å². The fourth-order valence-electron chi connectivity index (χ4n) is 3.94. The molecule has 2 aliphatic heterocycles. The molecule has 3 heterocycles. The highest BCUT2D eigenvalue weighted by molar-refractivity contribution is 5.74. The van der Waals surface area contributed by atoms with Crippen LogP contribution >= 0.6 is 0 Å². The van der Waals surface area contributed by atoms with E-state index in [0.717, 1.165) is 37.9 Å². The SMILES string of the molecule is Cc1nc(CNC(=O)N2CCC(CCN3CCCC[C@@H]3C)CC2)no1. The molecule has 0 aromatic carbocycles. The van der Waals surface area contributed by atoms with Gasteiger partial charge in [-0.2, -0.15) is 4.98 Å². The van der Waals surface area contributed by atoms with E-state index in [0.29, 0.717) is 18.3 Å². The average molecular weight is 349 g/mol. The van der Waals surface area contributed by atoms with Crippen molar-refractivity contribution in [1.29, 1.82) is 0 Å². The molecular weight excluding hydrogens is 318 g/mol. The molecule has 0 aliphatic carbocycles. The van der Waals surface area contributed by atoms with Gasteiger partial charge in [0, 0.05) is 26.1 Å². The van der Waals surface area contributed by atoms with Crippen LogP contribution in [0, 0.1) is 12.8 Å². The van der Waals surface area contributed by atoms with Crippen LogP contribution in [0.25, 0.3) is 0 Å². The summed E-state index contributed by atoms with van der Waals surface area (Å²) in [5.74, 6) is 1.79. The zero-order valence-corrected chi connectivity index (χ0v) is 15.5. The first-order valence-corrected chi connectivity index (χ1v) is 9.68. The van der Waals surface area contributed by atoms with Gasteiger partial charge in [0.1, 0.15) is 0 Å². The first-order valence-electron chi connectivity index (χ1n) is 9.68. The van der Waals surface area contributed by atoms with Crippen LogP contribution in [-0.2, 0) is 6.54 Å². The van der Waals surface area contributed by atoms with Crippen LogP contribution in [0.3, 0.4) is 0 Å². The van der Waals surface area contributed by atoms with Crippen molar-refractivity contribution in [3.8, 4) is 0 Å². The van der Waals surface area contributed by atoms with Gasteiger partial charge in [-0.05, 0) is 58.0 Å². The Kier molecular flexibility index (Phi) is 6.29. The lowest BCUT2D eigenvalue weighted by atomic mass is 9.92. The number of nitrogens with one attached hydrogen (secondary N) is 1. The average Bonchev–Trinajstić information content (AvgIpc) is 3.05. The standard InChI is InChI=1S/C18H31N5O2/c1-14-5-3-4-9-22(14)10-6-16-7-11-23(12-8-16)18(24)19-13-17-20-15(2)25-21-17/h14,16H,3-13H2,1-2H3,(H,19,24)/t14-/m0/s1. The summed E-state index contributed by atoms with van der Waals surface area (Å²) in [6.45, 7) is 8.59. The monoisotopic (exact) mass is 349 g/mol. The van der Waals surface area contributed by atoms with Gasteiger partial charge in [0.15, 0.2) is 5.82 Å². The Hall–Kier alpha value is -1.63. The van der Waals surface area contributed by atoms with Crippen LogP contribution in [0.5, 0.6) is 0 Å². The van der Waals surface area contributed by atoms with Crippen molar-refractivity contribution in [3.63, 3.8) is 0 Å². The van der Waals surface area contributed by atoms with Crippen LogP contribution in [-0.4, -0.2) is 58.2 Å². The Balaban J connectivity index is 1.34. The van der Waals surface area contributed by atoms with E-state index in [9.17, 15) is 4.79 Å². The third-order valence-corrected chi connectivity index (χ3v) is 5.63. The Labute approximate surface area is 150 Å². The molecule has 25 heavy (non-hydrogen) atoms. The molecule has 0 spiro atoms. The minimum absolute atomic E-state index is 0.0226. The molecule has 0 saturated carbocycles. The molecule has 2 fully saturated rings. The molecule has 7 nitrogen and oxygen atoms in total. The number of nitrogens with zero attached hydrogens (tertiary/aromatic N) is 4. The van der Waals surface area contributed by atoms with Crippen molar-refractivity contribution in [2.75, 3.05) is 26.2 Å². The first kappa shape index (κ1) is 18.2. The van der Waals surface area contributed by atoms with E-state index in [1.807, 2.05) is 4.90 Å². The summed E-state index contributed by atoms with van der Waals surface area (Å²) in [4.78, 5) is 20.9. The van der Waals surface area contributed by atoms with E-state index >= 15 is 0 Å². The second kappa shape index (κ2) is 8.65. The molecule has 2 aliphatic rings. The van der Waals surface area contributed by atoms with E-state index in [-0.39, 0.29) is 6.03 Å². The molecule has 1 aromatic rings. The number of hydrogen-bond donors (Lipinski definition) is 1. The molecule has 0 unspecified atom stereocenters.